The Hall–Kier alpha value is -2.62. The number of carbonyl (C=O) groups excluding carboxylic acids is 1. The summed E-state index contributed by atoms with van der Waals surface area (Å²) in [4.78, 5) is 11.9. The first-order valence-electron chi connectivity index (χ1n) is 5.41. The van der Waals surface area contributed by atoms with Gasteiger partial charge >= 0.3 is 0 Å². The summed E-state index contributed by atoms with van der Waals surface area (Å²) in [6, 6.07) is 1.97. The molecule has 1 N–H and O–H groups in total. The summed E-state index contributed by atoms with van der Waals surface area (Å²) in [7, 11) is 1.66. The monoisotopic (exact) mass is 244 g/mol. The quantitative estimate of drug-likeness (QED) is 0.863. The highest BCUT2D eigenvalue weighted by atomic mass is 16.1. The Balaban J connectivity index is 2.21. The molecule has 2 aromatic rings. The maximum atomic E-state index is 11.9. The SMILES string of the molecule is CCn1cc(C(=O)Nc2c(C#N)cnn2C)cn1. The minimum absolute atomic E-state index is 0.310. The van der Waals surface area contributed by atoms with Crippen LogP contribution in [0.4, 0.5) is 5.82 Å². The molecule has 0 saturated heterocycles. The van der Waals surface area contributed by atoms with Gasteiger partial charge in [0.2, 0.25) is 0 Å². The lowest BCUT2D eigenvalue weighted by atomic mass is 10.3. The summed E-state index contributed by atoms with van der Waals surface area (Å²) in [5.41, 5.74) is 0.774. The van der Waals surface area contributed by atoms with Gasteiger partial charge in [0.15, 0.2) is 0 Å². The second-order valence-electron chi connectivity index (χ2n) is 3.68. The summed E-state index contributed by atoms with van der Waals surface area (Å²) in [5, 5.41) is 19.5. The maximum absolute atomic E-state index is 11.9. The second-order valence-corrected chi connectivity index (χ2v) is 3.68. The molecule has 92 valence electrons. The van der Waals surface area contributed by atoms with Gasteiger partial charge in [0.25, 0.3) is 5.91 Å². The average molecular weight is 244 g/mol. The summed E-state index contributed by atoms with van der Waals surface area (Å²) < 4.78 is 3.10. The van der Waals surface area contributed by atoms with Gasteiger partial charge in [-0.05, 0) is 6.92 Å². The molecule has 0 aliphatic heterocycles. The number of rotatable bonds is 3. The van der Waals surface area contributed by atoms with Crippen molar-refractivity contribution in [1.82, 2.24) is 19.6 Å². The second kappa shape index (κ2) is 4.71. The van der Waals surface area contributed by atoms with Crippen molar-refractivity contribution in [2.24, 2.45) is 7.05 Å². The molecule has 0 aliphatic rings. The Bertz CT molecular complexity index is 618. The van der Waals surface area contributed by atoms with Crippen molar-refractivity contribution >= 4 is 11.7 Å². The van der Waals surface area contributed by atoms with Crippen LogP contribution in [0.2, 0.25) is 0 Å². The van der Waals surface area contributed by atoms with Crippen molar-refractivity contribution in [2.45, 2.75) is 13.5 Å². The molecular formula is C11H12N6O. The molecule has 0 unspecified atom stereocenters. The summed E-state index contributed by atoms with van der Waals surface area (Å²) in [6.45, 7) is 2.63. The number of aryl methyl sites for hydroxylation is 2. The van der Waals surface area contributed by atoms with Crippen LogP contribution in [0.3, 0.4) is 0 Å². The van der Waals surface area contributed by atoms with Crippen LogP contribution in [0.1, 0.15) is 22.8 Å². The third-order valence-electron chi connectivity index (χ3n) is 2.51. The lowest BCUT2D eigenvalue weighted by Crippen LogP contribution is -2.14. The normalized spacial score (nSPS) is 10.1. The van der Waals surface area contributed by atoms with E-state index in [-0.39, 0.29) is 5.91 Å². The van der Waals surface area contributed by atoms with Crippen molar-refractivity contribution in [2.75, 3.05) is 5.32 Å². The Labute approximate surface area is 104 Å². The fourth-order valence-electron chi connectivity index (χ4n) is 1.50. The lowest BCUT2D eigenvalue weighted by Gasteiger charge is -2.03. The molecule has 7 nitrogen and oxygen atoms in total. The van der Waals surface area contributed by atoms with Gasteiger partial charge < -0.3 is 5.32 Å². The van der Waals surface area contributed by atoms with E-state index in [0.717, 1.165) is 0 Å². The van der Waals surface area contributed by atoms with Crippen molar-refractivity contribution in [3.8, 4) is 6.07 Å². The molecule has 0 bridgehead atoms. The highest BCUT2D eigenvalue weighted by molar-refractivity contribution is 6.04. The first-order chi connectivity index (χ1) is 8.65. The van der Waals surface area contributed by atoms with E-state index >= 15 is 0 Å². The van der Waals surface area contributed by atoms with Gasteiger partial charge in [-0.25, -0.2) is 0 Å². The van der Waals surface area contributed by atoms with Crippen molar-refractivity contribution in [3.63, 3.8) is 0 Å². The van der Waals surface area contributed by atoms with Gasteiger partial charge in [-0.3, -0.25) is 14.2 Å². The van der Waals surface area contributed by atoms with Gasteiger partial charge in [0.05, 0.1) is 18.0 Å². The maximum Gasteiger partial charge on any atom is 0.260 e. The number of hydrogen-bond acceptors (Lipinski definition) is 4. The minimum atomic E-state index is -0.310. The average Bonchev–Trinajstić information content (AvgIpc) is 2.97. The summed E-state index contributed by atoms with van der Waals surface area (Å²) in [5.74, 6) is 0.0709. The Morgan fingerprint density at radius 2 is 2.28 bits per heavy atom. The van der Waals surface area contributed by atoms with Crippen LogP contribution in [0.5, 0.6) is 0 Å². The number of carbonyl (C=O) groups is 1. The molecule has 0 fully saturated rings. The number of nitriles is 1. The highest BCUT2D eigenvalue weighted by Gasteiger charge is 2.14. The number of amides is 1. The highest BCUT2D eigenvalue weighted by Crippen LogP contribution is 2.13. The molecule has 7 heteroatoms. The van der Waals surface area contributed by atoms with E-state index in [0.29, 0.717) is 23.5 Å². The zero-order valence-electron chi connectivity index (χ0n) is 10.1. The van der Waals surface area contributed by atoms with Gasteiger partial charge in [0.1, 0.15) is 17.5 Å². The fraction of sp³-hybridized carbons (Fsp3) is 0.273. The molecule has 0 spiro atoms. The van der Waals surface area contributed by atoms with E-state index in [2.05, 4.69) is 15.5 Å². The first kappa shape index (κ1) is 11.9. The molecule has 0 aliphatic carbocycles. The van der Waals surface area contributed by atoms with Crippen LogP contribution in [-0.4, -0.2) is 25.5 Å². The zero-order valence-corrected chi connectivity index (χ0v) is 10.1. The third kappa shape index (κ3) is 2.08. The molecule has 2 heterocycles. The predicted octanol–water partition coefficient (Wildman–Crippen LogP) is 0.760. The molecule has 0 radical (unpaired) electrons. The van der Waals surface area contributed by atoms with Crippen molar-refractivity contribution < 1.29 is 4.79 Å². The summed E-state index contributed by atoms with van der Waals surface area (Å²) in [6.07, 6.45) is 4.55. The number of nitrogens with one attached hydrogen (secondary N) is 1. The standard InChI is InChI=1S/C11H12N6O/c1-3-17-7-9(6-14-17)11(18)15-10-8(4-12)5-13-16(10)2/h5-7H,3H2,1-2H3,(H,15,18). The Kier molecular flexibility index (Phi) is 3.10. The van der Waals surface area contributed by atoms with E-state index in [9.17, 15) is 4.79 Å². The number of aromatic nitrogens is 4. The van der Waals surface area contributed by atoms with Crippen LogP contribution in [0, 0.1) is 11.3 Å². The van der Waals surface area contributed by atoms with Crippen LogP contribution in [0.15, 0.2) is 18.6 Å². The van der Waals surface area contributed by atoms with Gasteiger partial charge in [-0.15, -0.1) is 0 Å². The van der Waals surface area contributed by atoms with Crippen LogP contribution in [-0.2, 0) is 13.6 Å². The van der Waals surface area contributed by atoms with Crippen molar-refractivity contribution in [1.29, 1.82) is 5.26 Å². The van der Waals surface area contributed by atoms with E-state index < -0.39 is 0 Å². The number of nitrogens with zero attached hydrogens (tertiary/aromatic N) is 5. The van der Waals surface area contributed by atoms with E-state index in [1.165, 1.54) is 17.1 Å². The molecule has 0 aromatic carbocycles. The van der Waals surface area contributed by atoms with Crippen LogP contribution < -0.4 is 5.32 Å². The van der Waals surface area contributed by atoms with Gasteiger partial charge in [-0.2, -0.15) is 15.5 Å². The van der Waals surface area contributed by atoms with E-state index in [4.69, 9.17) is 5.26 Å². The lowest BCUT2D eigenvalue weighted by molar-refractivity contribution is 0.102. The Morgan fingerprint density at radius 1 is 1.50 bits per heavy atom. The van der Waals surface area contributed by atoms with Crippen molar-refractivity contribution in [3.05, 3.63) is 29.7 Å². The van der Waals surface area contributed by atoms with Gasteiger partial charge in [0, 0.05) is 19.8 Å². The number of hydrogen-bond donors (Lipinski definition) is 1. The largest absolute Gasteiger partial charge is 0.306 e. The summed E-state index contributed by atoms with van der Waals surface area (Å²) >= 11 is 0. The number of anilines is 1. The zero-order chi connectivity index (χ0) is 13.1. The Morgan fingerprint density at radius 3 is 2.89 bits per heavy atom. The van der Waals surface area contributed by atoms with Gasteiger partial charge in [-0.1, -0.05) is 0 Å². The topological polar surface area (TPSA) is 88.5 Å². The third-order valence-corrected chi connectivity index (χ3v) is 2.51. The molecule has 2 aromatic heterocycles. The predicted molar refractivity (Wildman–Crippen MR) is 63.8 cm³/mol. The fourth-order valence-corrected chi connectivity index (χ4v) is 1.50. The van der Waals surface area contributed by atoms with E-state index in [1.54, 1.807) is 17.9 Å². The smallest absolute Gasteiger partial charge is 0.260 e. The first-order valence-corrected chi connectivity index (χ1v) is 5.41. The molecule has 18 heavy (non-hydrogen) atoms. The van der Waals surface area contributed by atoms with Crippen LogP contribution in [0.25, 0.3) is 0 Å². The van der Waals surface area contributed by atoms with E-state index in [1.807, 2.05) is 13.0 Å². The molecular weight excluding hydrogens is 232 g/mol. The molecule has 2 rings (SSSR count). The molecule has 0 atom stereocenters. The minimum Gasteiger partial charge on any atom is -0.306 e. The molecule has 0 saturated carbocycles. The molecule has 1 amide bonds. The van der Waals surface area contributed by atoms with Crippen LogP contribution >= 0.6 is 0 Å².